The lowest BCUT2D eigenvalue weighted by molar-refractivity contribution is 0.384. The molecule has 1 saturated heterocycles. The molecular formula is C21H24N4O2S2. The van der Waals surface area contributed by atoms with Crippen molar-refractivity contribution < 1.29 is 8.42 Å². The Labute approximate surface area is 175 Å². The summed E-state index contributed by atoms with van der Waals surface area (Å²) in [4.78, 5) is 3.18. The van der Waals surface area contributed by atoms with Crippen LogP contribution in [0.4, 0.5) is 5.82 Å². The van der Waals surface area contributed by atoms with E-state index in [2.05, 4.69) is 34.2 Å². The van der Waals surface area contributed by atoms with E-state index < -0.39 is 10.0 Å². The van der Waals surface area contributed by atoms with Gasteiger partial charge in [-0.1, -0.05) is 36.8 Å². The van der Waals surface area contributed by atoms with Crippen LogP contribution in [-0.2, 0) is 16.4 Å². The fourth-order valence-corrected chi connectivity index (χ4v) is 6.22. The molecule has 6 nitrogen and oxygen atoms in total. The van der Waals surface area contributed by atoms with Crippen LogP contribution in [0.15, 0.2) is 52.7 Å². The molecule has 3 aromatic rings. The summed E-state index contributed by atoms with van der Waals surface area (Å²) in [5.74, 6) is 0.780. The average molecular weight is 429 g/mol. The Kier molecular flexibility index (Phi) is 5.67. The lowest BCUT2D eigenvalue weighted by Crippen LogP contribution is -2.48. The smallest absolute Gasteiger partial charge is 0.252 e. The number of hydrogen-bond acceptors (Lipinski definition) is 6. The zero-order valence-corrected chi connectivity index (χ0v) is 18.2. The first-order valence-electron chi connectivity index (χ1n) is 9.72. The van der Waals surface area contributed by atoms with Gasteiger partial charge in [0.1, 0.15) is 4.21 Å². The number of aromatic nitrogens is 2. The normalized spacial score (nSPS) is 15.6. The molecule has 0 spiro atoms. The summed E-state index contributed by atoms with van der Waals surface area (Å²) < 4.78 is 27.8. The van der Waals surface area contributed by atoms with Crippen molar-refractivity contribution in [1.82, 2.24) is 14.5 Å². The van der Waals surface area contributed by atoms with Crippen LogP contribution >= 0.6 is 11.3 Å². The van der Waals surface area contributed by atoms with Gasteiger partial charge in [0.05, 0.1) is 5.69 Å². The molecular weight excluding hydrogens is 404 g/mol. The molecule has 0 radical (unpaired) electrons. The summed E-state index contributed by atoms with van der Waals surface area (Å²) in [6.07, 6.45) is 0.852. The maximum atomic E-state index is 12.9. The highest BCUT2D eigenvalue weighted by atomic mass is 32.2. The van der Waals surface area contributed by atoms with Crippen molar-refractivity contribution >= 4 is 27.2 Å². The van der Waals surface area contributed by atoms with Crippen LogP contribution in [-0.4, -0.2) is 49.1 Å². The molecule has 4 rings (SSSR count). The quantitative estimate of drug-likeness (QED) is 0.621. The van der Waals surface area contributed by atoms with Crippen molar-refractivity contribution in [3.05, 3.63) is 59.0 Å². The van der Waals surface area contributed by atoms with E-state index in [0.29, 0.717) is 30.4 Å². The van der Waals surface area contributed by atoms with Gasteiger partial charge >= 0.3 is 0 Å². The molecule has 0 saturated carbocycles. The second-order valence-electron chi connectivity index (χ2n) is 7.11. The minimum atomic E-state index is -3.41. The van der Waals surface area contributed by atoms with Crippen molar-refractivity contribution in [1.29, 1.82) is 0 Å². The Bertz CT molecular complexity index is 1070. The zero-order valence-electron chi connectivity index (χ0n) is 16.6. The second-order valence-corrected chi connectivity index (χ2v) is 10.4. The maximum Gasteiger partial charge on any atom is 0.252 e. The molecule has 3 heterocycles. The number of aryl methyl sites for hydroxylation is 2. The van der Waals surface area contributed by atoms with Crippen LogP contribution in [0.5, 0.6) is 0 Å². The van der Waals surface area contributed by atoms with Crippen molar-refractivity contribution in [2.75, 3.05) is 31.1 Å². The van der Waals surface area contributed by atoms with Gasteiger partial charge in [0, 0.05) is 36.6 Å². The Morgan fingerprint density at radius 3 is 2.24 bits per heavy atom. The summed E-state index contributed by atoms with van der Waals surface area (Å²) in [6.45, 7) is 6.19. The molecule has 0 unspecified atom stereocenters. The number of anilines is 1. The van der Waals surface area contributed by atoms with E-state index in [0.717, 1.165) is 28.4 Å². The highest BCUT2D eigenvalue weighted by molar-refractivity contribution is 7.91. The van der Waals surface area contributed by atoms with Crippen LogP contribution in [0.25, 0.3) is 11.3 Å². The number of sulfonamides is 1. The molecule has 0 N–H and O–H groups in total. The van der Waals surface area contributed by atoms with Gasteiger partial charge in [0.25, 0.3) is 10.0 Å². The minimum absolute atomic E-state index is 0.435. The standard InChI is InChI=1S/C21H24N4O2S2/c1-3-18-8-11-21(28-18)29(26,27)25-14-12-24(13-15-25)20-10-9-19(22-23-20)17-6-4-16(2)5-7-17/h4-11H,3,12-15H2,1-2H3. The van der Waals surface area contributed by atoms with Crippen molar-refractivity contribution in [3.8, 4) is 11.3 Å². The van der Waals surface area contributed by atoms with E-state index in [4.69, 9.17) is 0 Å². The van der Waals surface area contributed by atoms with E-state index >= 15 is 0 Å². The Morgan fingerprint density at radius 1 is 0.931 bits per heavy atom. The number of nitrogens with zero attached hydrogens (tertiary/aromatic N) is 4. The fourth-order valence-electron chi connectivity index (χ4n) is 3.34. The lowest BCUT2D eigenvalue weighted by Gasteiger charge is -2.34. The highest BCUT2D eigenvalue weighted by Crippen LogP contribution is 2.27. The van der Waals surface area contributed by atoms with E-state index in [1.54, 1.807) is 10.4 Å². The molecule has 0 aliphatic carbocycles. The molecule has 1 fully saturated rings. The van der Waals surface area contributed by atoms with Crippen LogP contribution in [0, 0.1) is 6.92 Å². The molecule has 8 heteroatoms. The van der Waals surface area contributed by atoms with Gasteiger partial charge in [-0.15, -0.1) is 21.5 Å². The largest absolute Gasteiger partial charge is 0.352 e. The van der Waals surface area contributed by atoms with E-state index in [-0.39, 0.29) is 0 Å². The minimum Gasteiger partial charge on any atom is -0.352 e. The molecule has 1 aliphatic rings. The van der Waals surface area contributed by atoms with Crippen molar-refractivity contribution in [3.63, 3.8) is 0 Å². The second kappa shape index (κ2) is 8.22. The Hall–Kier alpha value is -2.29. The highest BCUT2D eigenvalue weighted by Gasteiger charge is 2.30. The van der Waals surface area contributed by atoms with Crippen LogP contribution in [0.2, 0.25) is 0 Å². The fraction of sp³-hybridized carbons (Fsp3) is 0.333. The van der Waals surface area contributed by atoms with Crippen molar-refractivity contribution in [2.24, 2.45) is 0 Å². The van der Waals surface area contributed by atoms with Crippen molar-refractivity contribution in [2.45, 2.75) is 24.5 Å². The molecule has 0 atom stereocenters. The number of piperazine rings is 1. The predicted molar refractivity (Wildman–Crippen MR) is 117 cm³/mol. The summed E-state index contributed by atoms with van der Waals surface area (Å²) in [6, 6.07) is 15.7. The monoisotopic (exact) mass is 428 g/mol. The molecule has 1 aliphatic heterocycles. The number of hydrogen-bond donors (Lipinski definition) is 0. The van der Waals surface area contributed by atoms with Crippen LogP contribution in [0.3, 0.4) is 0 Å². The summed E-state index contributed by atoms with van der Waals surface area (Å²) in [7, 11) is -3.41. The van der Waals surface area contributed by atoms with Gasteiger partial charge in [-0.05, 0) is 37.6 Å². The van der Waals surface area contributed by atoms with Gasteiger partial charge < -0.3 is 4.90 Å². The molecule has 2 aromatic heterocycles. The van der Waals surface area contributed by atoms with Gasteiger partial charge in [-0.25, -0.2) is 8.42 Å². The van der Waals surface area contributed by atoms with E-state index in [1.165, 1.54) is 16.9 Å². The Balaban J connectivity index is 1.42. The van der Waals surface area contributed by atoms with E-state index in [9.17, 15) is 8.42 Å². The SMILES string of the molecule is CCc1ccc(S(=O)(=O)N2CCN(c3ccc(-c4ccc(C)cc4)nn3)CC2)s1. The summed E-state index contributed by atoms with van der Waals surface area (Å²) in [5, 5.41) is 8.73. The molecule has 152 valence electrons. The molecule has 0 amide bonds. The van der Waals surface area contributed by atoms with E-state index in [1.807, 2.05) is 37.3 Å². The van der Waals surface area contributed by atoms with Gasteiger partial charge in [0.2, 0.25) is 0 Å². The average Bonchev–Trinajstić information content (AvgIpc) is 3.25. The van der Waals surface area contributed by atoms with Gasteiger partial charge in [0.15, 0.2) is 5.82 Å². The third kappa shape index (κ3) is 4.19. The maximum absolute atomic E-state index is 12.9. The first kappa shape index (κ1) is 20.0. The number of rotatable bonds is 5. The number of thiophene rings is 1. The third-order valence-electron chi connectivity index (χ3n) is 5.14. The predicted octanol–water partition coefficient (Wildman–Crippen LogP) is 3.59. The zero-order chi connectivity index (χ0) is 20.4. The molecule has 1 aromatic carbocycles. The number of benzene rings is 1. The van der Waals surface area contributed by atoms with Gasteiger partial charge in [-0.2, -0.15) is 4.31 Å². The molecule has 0 bridgehead atoms. The van der Waals surface area contributed by atoms with Gasteiger partial charge in [-0.3, -0.25) is 0 Å². The van der Waals surface area contributed by atoms with Crippen LogP contribution < -0.4 is 4.90 Å². The topological polar surface area (TPSA) is 66.4 Å². The third-order valence-corrected chi connectivity index (χ3v) is 8.74. The Morgan fingerprint density at radius 2 is 1.66 bits per heavy atom. The summed E-state index contributed by atoms with van der Waals surface area (Å²) in [5.41, 5.74) is 3.08. The first-order chi connectivity index (χ1) is 14.0. The first-order valence-corrected chi connectivity index (χ1v) is 12.0. The summed E-state index contributed by atoms with van der Waals surface area (Å²) >= 11 is 1.37. The lowest BCUT2D eigenvalue weighted by atomic mass is 10.1. The molecule has 29 heavy (non-hydrogen) atoms. The van der Waals surface area contributed by atoms with Crippen LogP contribution in [0.1, 0.15) is 17.4 Å².